The number of hydrogen-bond acceptors (Lipinski definition) is 2. The molecular formula is C16H26N2. The second kappa shape index (κ2) is 5.31. The molecule has 0 radical (unpaired) electrons. The fourth-order valence-electron chi connectivity index (χ4n) is 2.78. The van der Waals surface area contributed by atoms with Crippen LogP contribution in [0, 0.1) is 0 Å². The third-order valence-electron chi connectivity index (χ3n) is 3.92. The van der Waals surface area contributed by atoms with Gasteiger partial charge in [-0.2, -0.15) is 0 Å². The lowest BCUT2D eigenvalue weighted by atomic mass is 9.98. The second-order valence-electron chi connectivity index (χ2n) is 6.12. The maximum absolute atomic E-state index is 3.66. The van der Waals surface area contributed by atoms with Gasteiger partial charge in [0.2, 0.25) is 0 Å². The van der Waals surface area contributed by atoms with E-state index >= 15 is 0 Å². The van der Waals surface area contributed by atoms with E-state index in [1.807, 2.05) is 0 Å². The molecule has 0 aliphatic carbocycles. The Balaban J connectivity index is 1.99. The van der Waals surface area contributed by atoms with Crippen molar-refractivity contribution in [1.29, 1.82) is 0 Å². The summed E-state index contributed by atoms with van der Waals surface area (Å²) in [6.45, 7) is 8.96. The molecule has 2 nitrogen and oxygen atoms in total. The summed E-state index contributed by atoms with van der Waals surface area (Å²) in [6, 6.07) is 6.90. The Morgan fingerprint density at radius 2 is 2.11 bits per heavy atom. The highest BCUT2D eigenvalue weighted by Gasteiger charge is 2.17. The summed E-state index contributed by atoms with van der Waals surface area (Å²) in [5.74, 6) is 0. The van der Waals surface area contributed by atoms with Crippen molar-refractivity contribution in [3.05, 3.63) is 29.3 Å². The molecule has 1 aromatic carbocycles. The molecule has 0 unspecified atom stereocenters. The molecular weight excluding hydrogens is 220 g/mol. The molecule has 2 rings (SSSR count). The summed E-state index contributed by atoms with van der Waals surface area (Å²) in [5.41, 5.74) is 4.56. The number of rotatable bonds is 5. The van der Waals surface area contributed by atoms with Crippen LogP contribution < -0.4 is 10.2 Å². The molecule has 0 atom stereocenters. The van der Waals surface area contributed by atoms with Crippen LogP contribution in [0.4, 0.5) is 5.69 Å². The Bertz CT molecular complexity index is 410. The highest BCUT2D eigenvalue weighted by atomic mass is 15.1. The minimum Gasteiger partial charge on any atom is -0.374 e. The lowest BCUT2D eigenvalue weighted by molar-refractivity contribution is 0.357. The molecule has 2 heteroatoms. The maximum atomic E-state index is 3.66. The van der Waals surface area contributed by atoms with Crippen molar-refractivity contribution in [3.63, 3.8) is 0 Å². The number of hydrogen-bond donors (Lipinski definition) is 1. The number of nitrogens with one attached hydrogen (secondary N) is 1. The molecule has 18 heavy (non-hydrogen) atoms. The van der Waals surface area contributed by atoms with Crippen molar-refractivity contribution in [2.45, 2.75) is 52.1 Å². The monoisotopic (exact) mass is 246 g/mol. The Morgan fingerprint density at radius 3 is 2.83 bits per heavy atom. The van der Waals surface area contributed by atoms with Crippen molar-refractivity contribution in [3.8, 4) is 0 Å². The lowest BCUT2D eigenvalue weighted by Gasteiger charge is -2.26. The quantitative estimate of drug-likeness (QED) is 0.857. The van der Waals surface area contributed by atoms with Crippen molar-refractivity contribution in [1.82, 2.24) is 5.32 Å². The Morgan fingerprint density at radius 1 is 1.33 bits per heavy atom. The van der Waals surface area contributed by atoms with Gasteiger partial charge in [0.05, 0.1) is 0 Å². The van der Waals surface area contributed by atoms with Crippen molar-refractivity contribution >= 4 is 5.69 Å². The first-order chi connectivity index (χ1) is 8.52. The molecule has 0 saturated heterocycles. The number of fused-ring (bicyclic) bond motifs is 1. The average Bonchev–Trinajstić information content (AvgIpc) is 2.68. The topological polar surface area (TPSA) is 15.3 Å². The molecule has 1 heterocycles. The highest BCUT2D eigenvalue weighted by Crippen LogP contribution is 2.27. The summed E-state index contributed by atoms with van der Waals surface area (Å²) in [5, 5.41) is 3.66. The van der Waals surface area contributed by atoms with Crippen LogP contribution >= 0.6 is 0 Å². The number of anilines is 1. The van der Waals surface area contributed by atoms with Crippen LogP contribution in [-0.4, -0.2) is 19.1 Å². The first kappa shape index (κ1) is 13.4. The average molecular weight is 246 g/mol. The molecule has 1 aromatic rings. The van der Waals surface area contributed by atoms with Gasteiger partial charge in [-0.25, -0.2) is 0 Å². The zero-order valence-corrected chi connectivity index (χ0v) is 12.2. The minimum absolute atomic E-state index is 0.241. The molecule has 1 aliphatic rings. The van der Waals surface area contributed by atoms with Gasteiger partial charge in [-0.3, -0.25) is 0 Å². The van der Waals surface area contributed by atoms with E-state index in [2.05, 4.69) is 56.2 Å². The molecule has 0 bridgehead atoms. The Kier molecular flexibility index (Phi) is 3.96. The van der Waals surface area contributed by atoms with Gasteiger partial charge in [0.25, 0.3) is 0 Å². The molecule has 100 valence electrons. The van der Waals surface area contributed by atoms with E-state index in [4.69, 9.17) is 0 Å². The van der Waals surface area contributed by atoms with Gasteiger partial charge < -0.3 is 10.2 Å². The van der Waals surface area contributed by atoms with E-state index < -0.39 is 0 Å². The number of likely N-dealkylation sites (N-methyl/N-ethyl adjacent to an activating group) is 1. The fourth-order valence-corrected chi connectivity index (χ4v) is 2.78. The number of benzene rings is 1. The van der Waals surface area contributed by atoms with Crippen molar-refractivity contribution < 1.29 is 0 Å². The lowest BCUT2D eigenvalue weighted by Crippen LogP contribution is -2.38. The normalized spacial score (nSPS) is 15.0. The largest absolute Gasteiger partial charge is 0.374 e. The fraction of sp³-hybridized carbons (Fsp3) is 0.625. The smallest absolute Gasteiger partial charge is 0.0397 e. The van der Waals surface area contributed by atoms with Crippen LogP contribution in [0.15, 0.2) is 18.2 Å². The van der Waals surface area contributed by atoms with Gasteiger partial charge in [-0.1, -0.05) is 25.5 Å². The first-order valence-electron chi connectivity index (χ1n) is 7.10. The zero-order chi connectivity index (χ0) is 13.2. The predicted octanol–water partition coefficient (Wildman–Crippen LogP) is 3.35. The van der Waals surface area contributed by atoms with Crippen LogP contribution in [-0.2, 0) is 13.0 Å². The summed E-state index contributed by atoms with van der Waals surface area (Å²) in [7, 11) is 2.17. The molecule has 1 N–H and O–H groups in total. The minimum atomic E-state index is 0.241. The van der Waals surface area contributed by atoms with Gasteiger partial charge in [0.1, 0.15) is 0 Å². The van der Waals surface area contributed by atoms with E-state index in [-0.39, 0.29) is 5.54 Å². The third-order valence-corrected chi connectivity index (χ3v) is 3.92. The van der Waals surface area contributed by atoms with E-state index in [1.54, 1.807) is 0 Å². The molecule has 0 saturated carbocycles. The van der Waals surface area contributed by atoms with Gasteiger partial charge in [-0.15, -0.1) is 0 Å². The van der Waals surface area contributed by atoms with Gasteiger partial charge >= 0.3 is 0 Å². The molecule has 1 aliphatic heterocycles. The van der Waals surface area contributed by atoms with Gasteiger partial charge in [0, 0.05) is 31.4 Å². The van der Waals surface area contributed by atoms with E-state index in [9.17, 15) is 0 Å². The molecule has 0 amide bonds. The summed E-state index contributed by atoms with van der Waals surface area (Å²) < 4.78 is 0. The SMILES string of the molecule is CCCC(C)(C)NCc1ccc2c(c1)CCN2C. The zero-order valence-electron chi connectivity index (χ0n) is 12.2. The summed E-state index contributed by atoms with van der Waals surface area (Å²) in [4.78, 5) is 2.34. The predicted molar refractivity (Wildman–Crippen MR) is 79.2 cm³/mol. The molecule has 0 spiro atoms. The van der Waals surface area contributed by atoms with E-state index in [0.29, 0.717) is 0 Å². The first-order valence-corrected chi connectivity index (χ1v) is 7.10. The van der Waals surface area contributed by atoms with Crippen LogP contribution in [0.5, 0.6) is 0 Å². The van der Waals surface area contributed by atoms with Gasteiger partial charge in [0.15, 0.2) is 0 Å². The standard InChI is InChI=1S/C16H26N2/c1-5-9-16(2,3)17-12-13-6-7-15-14(11-13)8-10-18(15)4/h6-7,11,17H,5,8-10,12H2,1-4H3. The van der Waals surface area contributed by atoms with Crippen molar-refractivity contribution in [2.24, 2.45) is 0 Å². The molecule has 0 aromatic heterocycles. The summed E-state index contributed by atoms with van der Waals surface area (Å²) in [6.07, 6.45) is 3.65. The highest BCUT2D eigenvalue weighted by molar-refractivity contribution is 5.58. The Labute approximate surface area is 111 Å². The maximum Gasteiger partial charge on any atom is 0.0397 e. The Hall–Kier alpha value is -1.02. The van der Waals surface area contributed by atoms with Crippen molar-refractivity contribution in [2.75, 3.05) is 18.5 Å². The van der Waals surface area contributed by atoms with Crippen LogP contribution in [0.3, 0.4) is 0 Å². The van der Waals surface area contributed by atoms with Gasteiger partial charge in [-0.05, 0) is 43.9 Å². The summed E-state index contributed by atoms with van der Waals surface area (Å²) >= 11 is 0. The van der Waals surface area contributed by atoms with E-state index in [1.165, 1.54) is 36.1 Å². The number of nitrogens with zero attached hydrogens (tertiary/aromatic N) is 1. The van der Waals surface area contributed by atoms with E-state index in [0.717, 1.165) is 13.1 Å². The second-order valence-corrected chi connectivity index (χ2v) is 6.12. The van der Waals surface area contributed by atoms with Crippen LogP contribution in [0.25, 0.3) is 0 Å². The van der Waals surface area contributed by atoms with Crippen LogP contribution in [0.1, 0.15) is 44.7 Å². The third kappa shape index (κ3) is 3.05. The molecule has 0 fully saturated rings. The van der Waals surface area contributed by atoms with Crippen LogP contribution in [0.2, 0.25) is 0 Å².